The van der Waals surface area contributed by atoms with Gasteiger partial charge >= 0.3 is 29.8 Å². The van der Waals surface area contributed by atoms with Crippen molar-refractivity contribution in [2.24, 2.45) is 34.5 Å². The monoisotopic (exact) mass is 538 g/mol. The predicted octanol–water partition coefficient (Wildman–Crippen LogP) is 3.73. The second-order valence-corrected chi connectivity index (χ2v) is 10.6. The number of carboxylic acids is 1. The number of fused-ring (bicyclic) bond motifs is 2. The number of hydrogen-bond donors (Lipinski definition) is 1. The summed E-state index contributed by atoms with van der Waals surface area (Å²) in [5.74, 6) is -4.08. The van der Waals surface area contributed by atoms with Crippen LogP contribution in [0.4, 0.5) is 0 Å². The van der Waals surface area contributed by atoms with E-state index in [1.807, 2.05) is 39.8 Å². The molecule has 0 aliphatic heterocycles. The zero-order valence-corrected chi connectivity index (χ0v) is 23.3. The number of carbonyl (C=O) groups excluding carboxylic acids is 4. The van der Waals surface area contributed by atoms with E-state index in [0.717, 1.165) is 6.08 Å². The Morgan fingerprint density at radius 2 is 1.21 bits per heavy atom. The van der Waals surface area contributed by atoms with E-state index in [0.29, 0.717) is 19.3 Å². The van der Waals surface area contributed by atoms with Crippen molar-refractivity contribution in [1.29, 1.82) is 0 Å². The maximum absolute atomic E-state index is 12.2. The standard InChI is InChI=1S/C17H24O6.C11H18O4/c1-4-17(2,3)16(21)23-8-7-22-15(20)13-11-6-5-10(9-11)12(13)14(18)19;1-5-9(12)14-7-8-15-10(13)11(3,4)6-2/h5-6,10-13H,4,7-9H2,1-3H3,(H,18,19);5H,1,6-8H2,2-4H3. The van der Waals surface area contributed by atoms with Gasteiger partial charge in [0.15, 0.2) is 0 Å². The number of carboxylic acid groups (broad SMARTS) is 1. The van der Waals surface area contributed by atoms with Gasteiger partial charge in [-0.15, -0.1) is 0 Å². The lowest BCUT2D eigenvalue weighted by molar-refractivity contribution is -0.163. The van der Waals surface area contributed by atoms with E-state index >= 15 is 0 Å². The van der Waals surface area contributed by atoms with Gasteiger partial charge in [-0.3, -0.25) is 19.2 Å². The molecule has 0 aromatic carbocycles. The molecule has 0 spiro atoms. The van der Waals surface area contributed by atoms with Gasteiger partial charge < -0.3 is 24.1 Å². The molecule has 38 heavy (non-hydrogen) atoms. The molecular weight excluding hydrogens is 496 g/mol. The second kappa shape index (κ2) is 14.7. The molecule has 214 valence electrons. The summed E-state index contributed by atoms with van der Waals surface area (Å²) in [6.45, 7) is 14.4. The number of ether oxygens (including phenoxy) is 4. The van der Waals surface area contributed by atoms with Gasteiger partial charge in [0.1, 0.15) is 26.4 Å². The third-order valence-electron chi connectivity index (χ3n) is 7.18. The fraction of sp³-hybridized carbons (Fsp3) is 0.679. The Hall–Kier alpha value is -3.17. The summed E-state index contributed by atoms with van der Waals surface area (Å²) in [4.78, 5) is 57.4. The molecule has 0 amide bonds. The highest BCUT2D eigenvalue weighted by Gasteiger charge is 2.52. The molecule has 0 aromatic heterocycles. The van der Waals surface area contributed by atoms with Gasteiger partial charge in [0.25, 0.3) is 0 Å². The van der Waals surface area contributed by atoms with Gasteiger partial charge in [-0.1, -0.05) is 32.6 Å². The first-order valence-electron chi connectivity index (χ1n) is 12.9. The lowest BCUT2D eigenvalue weighted by Crippen LogP contribution is -2.35. The van der Waals surface area contributed by atoms with E-state index in [9.17, 15) is 29.1 Å². The van der Waals surface area contributed by atoms with Crippen molar-refractivity contribution < 1.29 is 48.0 Å². The minimum atomic E-state index is -0.958. The molecule has 2 rings (SSSR count). The van der Waals surface area contributed by atoms with Gasteiger partial charge in [-0.25, -0.2) is 4.79 Å². The Bertz CT molecular complexity index is 901. The first kappa shape index (κ1) is 32.9. The maximum Gasteiger partial charge on any atom is 0.330 e. The molecule has 2 bridgehead atoms. The molecule has 0 saturated heterocycles. The van der Waals surface area contributed by atoms with Gasteiger partial charge in [-0.2, -0.15) is 0 Å². The van der Waals surface area contributed by atoms with E-state index in [1.165, 1.54) is 0 Å². The topological polar surface area (TPSA) is 142 Å². The number of esters is 4. The molecule has 0 aromatic rings. The summed E-state index contributed by atoms with van der Waals surface area (Å²) in [6, 6.07) is 0. The van der Waals surface area contributed by atoms with Crippen molar-refractivity contribution in [3.05, 3.63) is 24.8 Å². The Balaban J connectivity index is 0.000000420. The summed E-state index contributed by atoms with van der Waals surface area (Å²) in [7, 11) is 0. The summed E-state index contributed by atoms with van der Waals surface area (Å²) < 4.78 is 19.8. The van der Waals surface area contributed by atoms with Crippen molar-refractivity contribution in [1.82, 2.24) is 0 Å². The molecule has 2 aliphatic rings. The smallest absolute Gasteiger partial charge is 0.330 e. The van der Waals surface area contributed by atoms with Crippen LogP contribution in [-0.2, 0) is 42.9 Å². The SMILES string of the molecule is C=CC(=O)OCCOC(=O)C(C)(C)CC.CCC(C)(C)C(=O)OCCOC(=O)C1C2C=CC(C2)C1C(=O)O. The molecule has 1 saturated carbocycles. The van der Waals surface area contributed by atoms with Crippen LogP contribution in [0.1, 0.15) is 60.8 Å². The number of hydrogen-bond acceptors (Lipinski definition) is 9. The summed E-state index contributed by atoms with van der Waals surface area (Å²) in [5.41, 5.74) is -1.05. The predicted molar refractivity (Wildman–Crippen MR) is 138 cm³/mol. The van der Waals surface area contributed by atoms with Crippen LogP contribution in [-0.4, -0.2) is 61.4 Å². The van der Waals surface area contributed by atoms with E-state index in [1.54, 1.807) is 13.8 Å². The second-order valence-electron chi connectivity index (χ2n) is 10.6. The number of rotatable bonds is 13. The Morgan fingerprint density at radius 1 is 0.789 bits per heavy atom. The van der Waals surface area contributed by atoms with Crippen LogP contribution in [0, 0.1) is 34.5 Å². The van der Waals surface area contributed by atoms with Crippen LogP contribution in [0.5, 0.6) is 0 Å². The minimum absolute atomic E-state index is 0.0115. The van der Waals surface area contributed by atoms with Crippen LogP contribution in [0.2, 0.25) is 0 Å². The van der Waals surface area contributed by atoms with Crippen LogP contribution >= 0.6 is 0 Å². The quantitative estimate of drug-likeness (QED) is 0.121. The maximum atomic E-state index is 12.2. The molecule has 0 heterocycles. The van der Waals surface area contributed by atoms with Crippen LogP contribution < -0.4 is 0 Å². The third-order valence-corrected chi connectivity index (χ3v) is 7.18. The highest BCUT2D eigenvalue weighted by molar-refractivity contribution is 5.83. The molecule has 0 radical (unpaired) electrons. The summed E-state index contributed by atoms with van der Waals surface area (Å²) >= 11 is 0. The van der Waals surface area contributed by atoms with Crippen LogP contribution in [0.25, 0.3) is 0 Å². The number of allylic oxidation sites excluding steroid dienone is 2. The first-order chi connectivity index (χ1) is 17.7. The van der Waals surface area contributed by atoms with E-state index in [2.05, 4.69) is 11.3 Å². The highest BCUT2D eigenvalue weighted by Crippen LogP contribution is 2.48. The fourth-order valence-corrected chi connectivity index (χ4v) is 3.87. The summed E-state index contributed by atoms with van der Waals surface area (Å²) in [6.07, 6.45) is 6.90. The lowest BCUT2D eigenvalue weighted by Gasteiger charge is -2.23. The fourth-order valence-electron chi connectivity index (χ4n) is 3.87. The minimum Gasteiger partial charge on any atom is -0.481 e. The Labute approximate surface area is 224 Å². The average molecular weight is 539 g/mol. The van der Waals surface area contributed by atoms with Crippen LogP contribution in [0.15, 0.2) is 24.8 Å². The van der Waals surface area contributed by atoms with Gasteiger partial charge in [0.2, 0.25) is 0 Å². The van der Waals surface area contributed by atoms with Crippen LogP contribution in [0.3, 0.4) is 0 Å². The van der Waals surface area contributed by atoms with Crippen molar-refractivity contribution in [2.75, 3.05) is 26.4 Å². The van der Waals surface area contributed by atoms with Crippen molar-refractivity contribution in [3.63, 3.8) is 0 Å². The first-order valence-corrected chi connectivity index (χ1v) is 12.9. The Morgan fingerprint density at radius 3 is 1.63 bits per heavy atom. The van der Waals surface area contributed by atoms with Gasteiger partial charge in [-0.05, 0) is 58.8 Å². The van der Waals surface area contributed by atoms with Crippen molar-refractivity contribution >= 4 is 29.8 Å². The molecule has 4 unspecified atom stereocenters. The summed E-state index contributed by atoms with van der Waals surface area (Å²) in [5, 5.41) is 9.30. The largest absolute Gasteiger partial charge is 0.481 e. The average Bonchev–Trinajstić information content (AvgIpc) is 3.51. The lowest BCUT2D eigenvalue weighted by atomic mass is 9.83. The molecular formula is C28H42O10. The molecule has 2 aliphatic carbocycles. The molecule has 4 atom stereocenters. The molecule has 10 heteroatoms. The van der Waals surface area contributed by atoms with E-state index < -0.39 is 40.6 Å². The molecule has 1 N–H and O–H groups in total. The third kappa shape index (κ3) is 9.29. The zero-order valence-electron chi connectivity index (χ0n) is 23.3. The van der Waals surface area contributed by atoms with Gasteiger partial charge in [0, 0.05) is 6.08 Å². The molecule has 10 nitrogen and oxygen atoms in total. The Kier molecular flexibility index (Phi) is 12.7. The molecule has 1 fully saturated rings. The van der Waals surface area contributed by atoms with Crippen molar-refractivity contribution in [2.45, 2.75) is 60.8 Å². The van der Waals surface area contributed by atoms with Gasteiger partial charge in [0.05, 0.1) is 22.7 Å². The van der Waals surface area contributed by atoms with E-state index in [-0.39, 0.29) is 50.2 Å². The number of carbonyl (C=O) groups is 5. The highest BCUT2D eigenvalue weighted by atomic mass is 16.6. The van der Waals surface area contributed by atoms with Crippen molar-refractivity contribution in [3.8, 4) is 0 Å². The van der Waals surface area contributed by atoms with E-state index in [4.69, 9.17) is 14.2 Å². The zero-order chi connectivity index (χ0) is 29.1. The normalized spacial score (nSPS) is 21.5. The number of aliphatic carboxylic acids is 1.